The normalized spacial score (nSPS) is 15.6. The summed E-state index contributed by atoms with van der Waals surface area (Å²) in [5, 5.41) is 2.91. The van der Waals surface area contributed by atoms with Crippen LogP contribution >= 0.6 is 0 Å². The second-order valence-electron chi connectivity index (χ2n) is 7.10. The minimum atomic E-state index is -3.17. The van der Waals surface area contributed by atoms with E-state index in [1.165, 1.54) is 10.6 Å². The minimum Gasteiger partial charge on any atom is -0.355 e. The molecule has 1 saturated heterocycles. The van der Waals surface area contributed by atoms with Crippen LogP contribution in [0.2, 0.25) is 0 Å². The van der Waals surface area contributed by atoms with Crippen molar-refractivity contribution in [2.75, 3.05) is 37.3 Å². The highest BCUT2D eigenvalue weighted by Gasteiger charge is 2.24. The van der Waals surface area contributed by atoms with Crippen molar-refractivity contribution in [3.05, 3.63) is 66.1 Å². The number of nitrogens with one attached hydrogen (secondary N) is 1. The van der Waals surface area contributed by atoms with Gasteiger partial charge in [0.2, 0.25) is 10.0 Å². The summed E-state index contributed by atoms with van der Waals surface area (Å²) in [6, 6.07) is 11.5. The fraction of sp³-hybridized carbons (Fsp3) is 0.300. The molecule has 29 heavy (non-hydrogen) atoms. The van der Waals surface area contributed by atoms with Gasteiger partial charge in [-0.25, -0.2) is 8.42 Å². The van der Waals surface area contributed by atoms with Crippen LogP contribution in [-0.4, -0.2) is 60.4 Å². The van der Waals surface area contributed by atoms with Crippen LogP contribution in [0.4, 0.5) is 5.82 Å². The molecule has 152 valence electrons. The lowest BCUT2D eigenvalue weighted by molar-refractivity contribution is 0.0950. The topological polar surface area (TPSA) is 87.0 Å². The van der Waals surface area contributed by atoms with Gasteiger partial charge in [0, 0.05) is 56.8 Å². The predicted molar refractivity (Wildman–Crippen MR) is 111 cm³/mol. The molecule has 0 unspecified atom stereocenters. The van der Waals surface area contributed by atoms with E-state index in [1.807, 2.05) is 40.9 Å². The Morgan fingerprint density at radius 2 is 1.86 bits per heavy atom. The maximum atomic E-state index is 12.6. The number of anilines is 1. The average Bonchev–Trinajstić information content (AvgIpc) is 3.15. The number of rotatable bonds is 5. The van der Waals surface area contributed by atoms with Crippen LogP contribution in [0.3, 0.4) is 0 Å². The summed E-state index contributed by atoms with van der Waals surface area (Å²) in [5.74, 6) is 0.798. The van der Waals surface area contributed by atoms with Crippen LogP contribution < -0.4 is 10.2 Å². The number of hydrogen-bond donors (Lipinski definition) is 1. The first-order chi connectivity index (χ1) is 13.9. The quantitative estimate of drug-likeness (QED) is 0.682. The van der Waals surface area contributed by atoms with E-state index in [9.17, 15) is 13.2 Å². The Morgan fingerprint density at radius 3 is 2.55 bits per heavy atom. The van der Waals surface area contributed by atoms with Gasteiger partial charge in [0.05, 0.1) is 11.8 Å². The molecule has 1 aliphatic heterocycles. The average molecular weight is 414 g/mol. The maximum absolute atomic E-state index is 12.6. The van der Waals surface area contributed by atoms with Crippen LogP contribution in [0.5, 0.6) is 0 Å². The molecule has 0 bridgehead atoms. The van der Waals surface area contributed by atoms with Crippen molar-refractivity contribution < 1.29 is 13.2 Å². The zero-order chi connectivity index (χ0) is 20.4. The highest BCUT2D eigenvalue weighted by Crippen LogP contribution is 2.22. The Labute approximate surface area is 169 Å². The molecule has 0 radical (unpaired) electrons. The van der Waals surface area contributed by atoms with E-state index in [4.69, 9.17) is 0 Å². The molecular formula is C20H23N5O3S. The van der Waals surface area contributed by atoms with Crippen molar-refractivity contribution in [3.8, 4) is 0 Å². The lowest BCUT2D eigenvalue weighted by Crippen LogP contribution is -2.48. The summed E-state index contributed by atoms with van der Waals surface area (Å²) in [7, 11) is -3.17. The van der Waals surface area contributed by atoms with E-state index in [1.54, 1.807) is 18.5 Å². The molecule has 9 heteroatoms. The Bertz CT molecular complexity index is 1120. The van der Waals surface area contributed by atoms with Crippen LogP contribution in [0.15, 0.2) is 55.0 Å². The molecule has 4 heterocycles. The van der Waals surface area contributed by atoms with Gasteiger partial charge in [0.15, 0.2) is 0 Å². The Hall–Kier alpha value is -2.91. The molecule has 4 rings (SSSR count). The Balaban J connectivity index is 1.50. The summed E-state index contributed by atoms with van der Waals surface area (Å²) in [4.78, 5) is 18.8. The first-order valence-electron chi connectivity index (χ1n) is 9.40. The first-order valence-corrected chi connectivity index (χ1v) is 11.2. The molecule has 1 amide bonds. The van der Waals surface area contributed by atoms with Crippen LogP contribution in [0.25, 0.3) is 5.52 Å². The number of aromatic nitrogens is 2. The Morgan fingerprint density at radius 1 is 1.10 bits per heavy atom. The molecule has 3 aromatic rings. The third kappa shape index (κ3) is 4.25. The number of fused-ring (bicyclic) bond motifs is 1. The molecule has 0 saturated carbocycles. The van der Waals surface area contributed by atoms with E-state index >= 15 is 0 Å². The van der Waals surface area contributed by atoms with E-state index < -0.39 is 10.0 Å². The maximum Gasteiger partial charge on any atom is 0.253 e. The predicted octanol–water partition coefficient (Wildman–Crippen LogP) is 1.35. The number of piperazine rings is 1. The van der Waals surface area contributed by atoms with Crippen LogP contribution in [-0.2, 0) is 16.6 Å². The zero-order valence-corrected chi connectivity index (χ0v) is 17.0. The van der Waals surface area contributed by atoms with Gasteiger partial charge < -0.3 is 14.6 Å². The second-order valence-corrected chi connectivity index (χ2v) is 9.08. The lowest BCUT2D eigenvalue weighted by Gasteiger charge is -2.34. The van der Waals surface area contributed by atoms with Crippen molar-refractivity contribution >= 4 is 27.3 Å². The molecule has 1 fully saturated rings. The fourth-order valence-electron chi connectivity index (χ4n) is 3.51. The summed E-state index contributed by atoms with van der Waals surface area (Å²) >= 11 is 0. The van der Waals surface area contributed by atoms with Gasteiger partial charge >= 0.3 is 0 Å². The minimum absolute atomic E-state index is 0.155. The standard InChI is InChI=1S/C20H23N5O3S/c1-29(27,28)24-11-9-23(10-12-24)19-7-6-18-5-4-17(15-25(18)19)20(26)22-14-16-3-2-8-21-13-16/h2-8,13,15H,9-12,14H2,1H3,(H,22,26). The monoisotopic (exact) mass is 413 g/mol. The number of carbonyl (C=O) groups excluding carboxylic acids is 1. The molecule has 0 spiro atoms. The van der Waals surface area contributed by atoms with Crippen molar-refractivity contribution in [3.63, 3.8) is 0 Å². The highest BCUT2D eigenvalue weighted by atomic mass is 32.2. The molecule has 1 N–H and O–H groups in total. The van der Waals surface area contributed by atoms with Gasteiger partial charge in [-0.3, -0.25) is 9.78 Å². The van der Waals surface area contributed by atoms with Crippen LogP contribution in [0.1, 0.15) is 15.9 Å². The van der Waals surface area contributed by atoms with Crippen LogP contribution in [0, 0.1) is 0 Å². The lowest BCUT2D eigenvalue weighted by atomic mass is 10.2. The summed E-state index contributed by atoms with van der Waals surface area (Å²) < 4.78 is 26.9. The smallest absolute Gasteiger partial charge is 0.253 e. The molecule has 0 atom stereocenters. The Kier molecular flexibility index (Phi) is 5.25. The van der Waals surface area contributed by atoms with E-state index in [-0.39, 0.29) is 5.91 Å². The van der Waals surface area contributed by atoms with E-state index in [2.05, 4.69) is 15.2 Å². The number of pyridine rings is 2. The summed E-state index contributed by atoms with van der Waals surface area (Å²) in [6.45, 7) is 2.54. The third-order valence-electron chi connectivity index (χ3n) is 5.10. The van der Waals surface area contributed by atoms with Gasteiger partial charge in [-0.15, -0.1) is 0 Å². The second kappa shape index (κ2) is 7.84. The van der Waals surface area contributed by atoms with Gasteiger partial charge in [-0.2, -0.15) is 4.31 Å². The third-order valence-corrected chi connectivity index (χ3v) is 6.40. The van der Waals surface area contributed by atoms with E-state index in [0.717, 1.165) is 16.9 Å². The fourth-order valence-corrected chi connectivity index (χ4v) is 4.34. The number of amides is 1. The molecule has 8 nitrogen and oxygen atoms in total. The van der Waals surface area contributed by atoms with E-state index in [0.29, 0.717) is 38.3 Å². The van der Waals surface area contributed by atoms with Gasteiger partial charge in [-0.1, -0.05) is 6.07 Å². The highest BCUT2D eigenvalue weighted by molar-refractivity contribution is 7.88. The van der Waals surface area contributed by atoms with Crippen molar-refractivity contribution in [1.29, 1.82) is 0 Å². The van der Waals surface area contributed by atoms with Gasteiger partial charge in [0.25, 0.3) is 5.91 Å². The summed E-state index contributed by atoms with van der Waals surface area (Å²) in [5.41, 5.74) is 2.48. The molecular weight excluding hydrogens is 390 g/mol. The van der Waals surface area contributed by atoms with Crippen molar-refractivity contribution in [2.24, 2.45) is 0 Å². The molecule has 0 aliphatic carbocycles. The summed E-state index contributed by atoms with van der Waals surface area (Å²) in [6.07, 6.45) is 6.49. The van der Waals surface area contributed by atoms with Crippen molar-refractivity contribution in [2.45, 2.75) is 6.54 Å². The van der Waals surface area contributed by atoms with Crippen molar-refractivity contribution in [1.82, 2.24) is 19.0 Å². The van der Waals surface area contributed by atoms with Gasteiger partial charge in [-0.05, 0) is 35.9 Å². The number of sulfonamides is 1. The number of nitrogens with zero attached hydrogens (tertiary/aromatic N) is 4. The number of hydrogen-bond acceptors (Lipinski definition) is 5. The first kappa shape index (κ1) is 19.4. The molecule has 3 aromatic heterocycles. The molecule has 0 aromatic carbocycles. The number of carbonyl (C=O) groups is 1. The van der Waals surface area contributed by atoms with Gasteiger partial charge in [0.1, 0.15) is 5.82 Å². The largest absolute Gasteiger partial charge is 0.355 e. The zero-order valence-electron chi connectivity index (χ0n) is 16.2. The SMILES string of the molecule is CS(=O)(=O)N1CCN(c2ccc3ccc(C(=O)NCc4cccnc4)cn23)CC1. The molecule has 1 aliphatic rings.